The quantitative estimate of drug-likeness (QED) is 0.0195. The van der Waals surface area contributed by atoms with Crippen molar-refractivity contribution in [1.29, 1.82) is 0 Å². The molecule has 0 heterocycles. The van der Waals surface area contributed by atoms with Gasteiger partial charge in [0.2, 0.25) is 0 Å². The second-order valence-corrected chi connectivity index (χ2v) is 23.3. The van der Waals surface area contributed by atoms with Crippen LogP contribution in [0.5, 0.6) is 0 Å². The van der Waals surface area contributed by atoms with Gasteiger partial charge in [0.25, 0.3) is 0 Å². The minimum atomic E-state index is -1.65. The van der Waals surface area contributed by atoms with E-state index < -0.39 is 24.3 Å². The predicted octanol–water partition coefficient (Wildman–Crippen LogP) is 20.5. The number of aliphatic carboxylic acids is 1. The molecule has 498 valence electrons. The molecule has 0 aliphatic heterocycles. The second kappa shape index (κ2) is 68.0. The number of carboxylic acids is 1. The number of ether oxygens (including phenoxy) is 4. The molecule has 2 unspecified atom stereocenters. The normalized spacial score (nSPS) is 13.9. The van der Waals surface area contributed by atoms with Crippen LogP contribution in [0.25, 0.3) is 0 Å². The number of rotatable bonds is 61. The standard InChI is InChI=1S/C80H125NO8/c1-6-8-10-12-14-16-18-20-22-24-26-28-30-32-34-36-38-39-41-42-44-46-48-50-52-54-56-58-60-62-64-66-68-70-77(82)87-74-76(75-88-80(79(84)85)86-73-72-81(3,4)5)89-78(83)71-69-67-65-63-61-59-57-55-53-51-49-47-45-43-40-37-35-33-31-29-27-25-23-21-19-17-15-13-11-9-7-2/h8-11,14-17,20-23,26-29,32-35,38-40,42-44,47,49,53,55,59,61,76,80H,6-7,12-13,18-19,24-25,30-31,36-37,41,45-46,48,50-52,54,56-58,60,62-75H2,1-5H3/b10-8-,11-9-,16-14-,17-15-,22-20-,23-21-,28-26-,29-27-,34-32-,35-33-,39-38-,43-40-,44-42-,49-47-,55-53-,61-59-. The number of hydrogen-bond acceptors (Lipinski definition) is 8. The fourth-order valence-electron chi connectivity index (χ4n) is 8.63. The van der Waals surface area contributed by atoms with Crippen molar-refractivity contribution in [1.82, 2.24) is 0 Å². The van der Waals surface area contributed by atoms with Gasteiger partial charge in [0, 0.05) is 12.8 Å². The van der Waals surface area contributed by atoms with Crippen LogP contribution < -0.4 is 5.11 Å². The van der Waals surface area contributed by atoms with Crippen molar-refractivity contribution in [2.75, 3.05) is 47.5 Å². The number of nitrogens with zero attached hydrogens (tertiary/aromatic N) is 1. The Bertz CT molecular complexity index is 2160. The highest BCUT2D eigenvalue weighted by Crippen LogP contribution is 2.15. The molecule has 2 atom stereocenters. The van der Waals surface area contributed by atoms with Crippen LogP contribution >= 0.6 is 0 Å². The summed E-state index contributed by atoms with van der Waals surface area (Å²) in [7, 11) is 5.90. The van der Waals surface area contributed by atoms with Crippen molar-refractivity contribution < 1.29 is 42.9 Å². The van der Waals surface area contributed by atoms with Gasteiger partial charge in [-0.15, -0.1) is 0 Å². The fourth-order valence-corrected chi connectivity index (χ4v) is 8.63. The Kier molecular flexibility index (Phi) is 63.6. The number of unbranched alkanes of at least 4 members (excludes halogenated alkanes) is 14. The van der Waals surface area contributed by atoms with Gasteiger partial charge in [-0.05, 0) is 141 Å². The Morgan fingerprint density at radius 3 is 0.910 bits per heavy atom. The molecule has 0 rings (SSSR count). The van der Waals surface area contributed by atoms with Crippen molar-refractivity contribution in [3.63, 3.8) is 0 Å². The van der Waals surface area contributed by atoms with Gasteiger partial charge in [0.05, 0.1) is 40.3 Å². The summed E-state index contributed by atoms with van der Waals surface area (Å²) in [4.78, 5) is 37.5. The molecule has 0 fully saturated rings. The lowest BCUT2D eigenvalue weighted by atomic mass is 10.0. The van der Waals surface area contributed by atoms with Crippen molar-refractivity contribution >= 4 is 17.9 Å². The van der Waals surface area contributed by atoms with Crippen LogP contribution in [0.3, 0.4) is 0 Å². The summed E-state index contributed by atoms with van der Waals surface area (Å²) in [5, 5.41) is 11.8. The maximum atomic E-state index is 12.9. The van der Waals surface area contributed by atoms with Gasteiger partial charge in [-0.1, -0.05) is 272 Å². The van der Waals surface area contributed by atoms with E-state index in [4.69, 9.17) is 18.9 Å². The number of likely N-dealkylation sites (N-methyl/N-ethyl adjacent to an activating group) is 1. The van der Waals surface area contributed by atoms with Gasteiger partial charge >= 0.3 is 11.9 Å². The number of esters is 2. The van der Waals surface area contributed by atoms with E-state index in [1.807, 2.05) is 21.1 Å². The third kappa shape index (κ3) is 69.5. The molecule has 0 saturated heterocycles. The number of carboxylic acid groups (broad SMARTS) is 1. The number of carbonyl (C=O) groups excluding carboxylic acids is 3. The fraction of sp³-hybridized carbons (Fsp3) is 0.562. The summed E-state index contributed by atoms with van der Waals surface area (Å²) in [6.07, 6.45) is 102. The lowest BCUT2D eigenvalue weighted by Gasteiger charge is -2.26. The molecule has 0 aromatic carbocycles. The first-order valence-electron chi connectivity index (χ1n) is 34.6. The smallest absolute Gasteiger partial charge is 0.306 e. The molecule has 9 nitrogen and oxygen atoms in total. The van der Waals surface area contributed by atoms with Crippen molar-refractivity contribution in [3.8, 4) is 0 Å². The summed E-state index contributed by atoms with van der Waals surface area (Å²) in [5.74, 6) is -2.36. The number of carbonyl (C=O) groups is 3. The van der Waals surface area contributed by atoms with Crippen molar-refractivity contribution in [2.24, 2.45) is 0 Å². The molecule has 0 aliphatic carbocycles. The van der Waals surface area contributed by atoms with Gasteiger partial charge in [-0.25, -0.2) is 0 Å². The summed E-state index contributed by atoms with van der Waals surface area (Å²) < 4.78 is 22.7. The van der Waals surface area contributed by atoms with Crippen LogP contribution in [0.4, 0.5) is 0 Å². The maximum absolute atomic E-state index is 12.9. The average Bonchev–Trinajstić information content (AvgIpc) is 3.64. The van der Waals surface area contributed by atoms with E-state index in [1.54, 1.807) is 0 Å². The third-order valence-electron chi connectivity index (χ3n) is 13.8. The lowest BCUT2D eigenvalue weighted by molar-refractivity contribution is -0.870. The highest BCUT2D eigenvalue weighted by atomic mass is 16.7. The van der Waals surface area contributed by atoms with Crippen LogP contribution in [-0.4, -0.2) is 82.3 Å². The monoisotopic (exact) mass is 1230 g/mol. The van der Waals surface area contributed by atoms with E-state index >= 15 is 0 Å². The Balaban J connectivity index is 4.28. The summed E-state index contributed by atoms with van der Waals surface area (Å²) in [6, 6.07) is 0. The highest BCUT2D eigenvalue weighted by molar-refractivity contribution is 5.70. The van der Waals surface area contributed by atoms with Crippen LogP contribution in [0, 0.1) is 0 Å². The lowest BCUT2D eigenvalue weighted by Crippen LogP contribution is -2.44. The topological polar surface area (TPSA) is 111 Å². The molecule has 0 N–H and O–H groups in total. The van der Waals surface area contributed by atoms with Crippen LogP contribution in [0.15, 0.2) is 194 Å². The Morgan fingerprint density at radius 2 is 0.607 bits per heavy atom. The molecule has 0 spiro atoms. The largest absolute Gasteiger partial charge is 0.545 e. The molecule has 0 saturated carbocycles. The van der Waals surface area contributed by atoms with Crippen molar-refractivity contribution in [2.45, 2.75) is 245 Å². The number of hydrogen-bond donors (Lipinski definition) is 0. The SMILES string of the molecule is CC/C=C\C/C=C\C/C=C\C/C=C\C/C=C\C/C=C\C/C=C\C/C=C\C/C=C\CCCCCC(=O)OC(COC(=O)CCCCCCCCCCCCC/C=C\C/C=C\C/C=C\C/C=C\C/C=C\C/C=C\C/C=C\CC)COC(OCC[N+](C)(C)C)C(=O)[O-]. The van der Waals surface area contributed by atoms with E-state index in [2.05, 4.69) is 208 Å². The molecular formula is C80H125NO8. The number of quaternary nitrogens is 1. The van der Waals surface area contributed by atoms with E-state index in [0.29, 0.717) is 17.4 Å². The van der Waals surface area contributed by atoms with E-state index in [-0.39, 0.29) is 38.6 Å². The van der Waals surface area contributed by atoms with Gasteiger partial charge in [-0.3, -0.25) is 9.59 Å². The van der Waals surface area contributed by atoms with Crippen molar-refractivity contribution in [3.05, 3.63) is 194 Å². The predicted molar refractivity (Wildman–Crippen MR) is 379 cm³/mol. The molecule has 0 aromatic heterocycles. The van der Waals surface area contributed by atoms with Crippen LogP contribution in [0.1, 0.15) is 232 Å². The van der Waals surface area contributed by atoms with E-state index in [1.165, 1.54) is 44.9 Å². The molecule has 0 aromatic rings. The first-order chi connectivity index (χ1) is 43.6. The van der Waals surface area contributed by atoms with Gasteiger partial charge in [0.15, 0.2) is 12.4 Å². The van der Waals surface area contributed by atoms with Crippen LogP contribution in [0.2, 0.25) is 0 Å². The van der Waals surface area contributed by atoms with Gasteiger partial charge in [-0.2, -0.15) is 0 Å². The minimum absolute atomic E-state index is 0.129. The minimum Gasteiger partial charge on any atom is -0.545 e. The molecule has 9 heteroatoms. The molecule has 0 amide bonds. The number of allylic oxidation sites excluding steroid dienone is 32. The molecule has 0 aliphatic rings. The Hall–Kier alpha value is -5.87. The molecule has 89 heavy (non-hydrogen) atoms. The Morgan fingerprint density at radius 1 is 0.337 bits per heavy atom. The first kappa shape index (κ1) is 83.1. The summed E-state index contributed by atoms with van der Waals surface area (Å²) in [6.45, 7) is 4.45. The van der Waals surface area contributed by atoms with E-state index in [9.17, 15) is 19.5 Å². The average molecular weight is 1230 g/mol. The van der Waals surface area contributed by atoms with Gasteiger partial charge < -0.3 is 33.3 Å². The molecular weight excluding hydrogens is 1100 g/mol. The highest BCUT2D eigenvalue weighted by Gasteiger charge is 2.22. The Labute approximate surface area is 544 Å². The van der Waals surface area contributed by atoms with Gasteiger partial charge in [0.1, 0.15) is 13.2 Å². The summed E-state index contributed by atoms with van der Waals surface area (Å²) >= 11 is 0. The van der Waals surface area contributed by atoms with E-state index in [0.717, 1.165) is 154 Å². The van der Waals surface area contributed by atoms with Crippen LogP contribution in [-0.2, 0) is 33.3 Å². The molecule has 0 bridgehead atoms. The molecule has 0 radical (unpaired) electrons. The zero-order valence-corrected chi connectivity index (χ0v) is 56.7. The maximum Gasteiger partial charge on any atom is 0.306 e. The third-order valence-corrected chi connectivity index (χ3v) is 13.8. The second-order valence-electron chi connectivity index (χ2n) is 23.3. The zero-order chi connectivity index (χ0) is 64.7. The summed E-state index contributed by atoms with van der Waals surface area (Å²) in [5.41, 5.74) is 0. The first-order valence-corrected chi connectivity index (χ1v) is 34.6. The zero-order valence-electron chi connectivity index (χ0n) is 56.7.